The highest BCUT2D eigenvalue weighted by molar-refractivity contribution is 6.04. The van der Waals surface area contributed by atoms with Gasteiger partial charge in [-0.25, -0.2) is 4.98 Å². The van der Waals surface area contributed by atoms with Crippen LogP contribution in [0.25, 0.3) is 11.3 Å². The number of carbonyl (C=O) groups excluding carboxylic acids is 1. The highest BCUT2D eigenvalue weighted by Gasteiger charge is 2.06. The van der Waals surface area contributed by atoms with Crippen LogP contribution in [0.4, 0.5) is 11.6 Å². The first-order chi connectivity index (χ1) is 10.2. The first kappa shape index (κ1) is 12.9. The minimum absolute atomic E-state index is 0.130. The van der Waals surface area contributed by atoms with Crippen molar-refractivity contribution in [2.45, 2.75) is 0 Å². The summed E-state index contributed by atoms with van der Waals surface area (Å²) in [5.41, 5.74) is 8.71. The molecule has 3 rings (SSSR count). The number of rotatable bonds is 3. The lowest BCUT2D eigenvalue weighted by molar-refractivity contribution is 0.102. The van der Waals surface area contributed by atoms with E-state index in [0.717, 1.165) is 16.9 Å². The van der Waals surface area contributed by atoms with Gasteiger partial charge in [0.1, 0.15) is 0 Å². The normalized spacial score (nSPS) is 10.3. The second kappa shape index (κ2) is 5.50. The lowest BCUT2D eigenvalue weighted by Crippen LogP contribution is -2.11. The van der Waals surface area contributed by atoms with Gasteiger partial charge in [-0.3, -0.25) is 4.79 Å². The summed E-state index contributed by atoms with van der Waals surface area (Å²) in [6, 6.07) is 16.6. The molecule has 5 nitrogen and oxygen atoms in total. The quantitative estimate of drug-likeness (QED) is 0.688. The molecule has 1 heterocycles. The molecule has 104 valence electrons. The summed E-state index contributed by atoms with van der Waals surface area (Å²) in [5.74, 6) is 0.251. The van der Waals surface area contributed by atoms with Crippen LogP contribution in [0.3, 0.4) is 0 Å². The highest BCUT2D eigenvalue weighted by atomic mass is 16.1. The largest absolute Gasteiger partial charge is 0.369 e. The molecule has 0 aliphatic heterocycles. The zero-order valence-corrected chi connectivity index (χ0v) is 11.2. The van der Waals surface area contributed by atoms with Crippen molar-refractivity contribution in [2.75, 3.05) is 11.1 Å². The Labute approximate surface area is 121 Å². The maximum Gasteiger partial charge on any atom is 0.255 e. The topological polar surface area (TPSA) is 83.8 Å². The van der Waals surface area contributed by atoms with E-state index in [1.165, 1.54) is 0 Å². The third kappa shape index (κ3) is 2.92. The van der Waals surface area contributed by atoms with E-state index in [0.29, 0.717) is 11.5 Å². The van der Waals surface area contributed by atoms with Crippen LogP contribution in [0.15, 0.2) is 60.8 Å². The molecule has 21 heavy (non-hydrogen) atoms. The predicted molar refractivity (Wildman–Crippen MR) is 82.8 cm³/mol. The summed E-state index contributed by atoms with van der Waals surface area (Å²) < 4.78 is 0. The summed E-state index contributed by atoms with van der Waals surface area (Å²) in [4.78, 5) is 18.9. The Morgan fingerprint density at radius 1 is 1.05 bits per heavy atom. The number of nitrogen functional groups attached to an aromatic ring is 1. The molecule has 0 saturated heterocycles. The van der Waals surface area contributed by atoms with Crippen LogP contribution < -0.4 is 11.1 Å². The van der Waals surface area contributed by atoms with Gasteiger partial charge in [-0.15, -0.1) is 0 Å². The lowest BCUT2D eigenvalue weighted by atomic mass is 10.1. The van der Waals surface area contributed by atoms with Crippen LogP contribution in [0.2, 0.25) is 0 Å². The van der Waals surface area contributed by atoms with Crippen molar-refractivity contribution in [1.82, 2.24) is 9.97 Å². The molecule has 3 aromatic rings. The molecule has 0 radical (unpaired) electrons. The maximum atomic E-state index is 12.0. The van der Waals surface area contributed by atoms with Gasteiger partial charge < -0.3 is 16.0 Å². The van der Waals surface area contributed by atoms with Gasteiger partial charge in [0.05, 0.1) is 11.9 Å². The Morgan fingerprint density at radius 3 is 2.38 bits per heavy atom. The van der Waals surface area contributed by atoms with E-state index in [4.69, 9.17) is 5.73 Å². The number of nitrogens with one attached hydrogen (secondary N) is 2. The van der Waals surface area contributed by atoms with Gasteiger partial charge in [-0.2, -0.15) is 0 Å². The summed E-state index contributed by atoms with van der Waals surface area (Å²) in [6.07, 6.45) is 1.67. The van der Waals surface area contributed by atoms with E-state index < -0.39 is 0 Å². The Kier molecular flexibility index (Phi) is 3.39. The molecular weight excluding hydrogens is 264 g/mol. The van der Waals surface area contributed by atoms with Gasteiger partial charge in [0.15, 0.2) is 5.95 Å². The van der Waals surface area contributed by atoms with Crippen LogP contribution in [0.5, 0.6) is 0 Å². The van der Waals surface area contributed by atoms with Crippen LogP contribution in [-0.2, 0) is 0 Å². The van der Waals surface area contributed by atoms with Crippen molar-refractivity contribution in [3.63, 3.8) is 0 Å². The van der Waals surface area contributed by atoms with E-state index >= 15 is 0 Å². The average Bonchev–Trinajstić information content (AvgIpc) is 2.95. The summed E-state index contributed by atoms with van der Waals surface area (Å²) in [5, 5.41) is 2.85. The number of hydrogen-bond donors (Lipinski definition) is 3. The highest BCUT2D eigenvalue weighted by Crippen LogP contribution is 2.20. The monoisotopic (exact) mass is 278 g/mol. The molecule has 0 fully saturated rings. The number of H-pyrrole nitrogens is 1. The number of aromatic amines is 1. The number of benzene rings is 2. The fourth-order valence-electron chi connectivity index (χ4n) is 2.01. The molecule has 0 aliphatic carbocycles. The summed E-state index contributed by atoms with van der Waals surface area (Å²) in [6.45, 7) is 0. The third-order valence-corrected chi connectivity index (χ3v) is 3.09. The molecule has 1 amide bonds. The van der Waals surface area contributed by atoms with Gasteiger partial charge in [0, 0.05) is 11.3 Å². The fraction of sp³-hybridized carbons (Fsp3) is 0. The van der Waals surface area contributed by atoms with Gasteiger partial charge in [0.25, 0.3) is 5.91 Å². The van der Waals surface area contributed by atoms with Crippen LogP contribution in [0.1, 0.15) is 10.4 Å². The van der Waals surface area contributed by atoms with Crippen molar-refractivity contribution in [3.05, 3.63) is 66.4 Å². The minimum atomic E-state index is -0.130. The smallest absolute Gasteiger partial charge is 0.255 e. The fourth-order valence-corrected chi connectivity index (χ4v) is 2.01. The van der Waals surface area contributed by atoms with Crippen molar-refractivity contribution in [3.8, 4) is 11.3 Å². The van der Waals surface area contributed by atoms with Crippen LogP contribution >= 0.6 is 0 Å². The first-order valence-corrected chi connectivity index (χ1v) is 6.50. The zero-order chi connectivity index (χ0) is 14.7. The van der Waals surface area contributed by atoms with Gasteiger partial charge in [0.2, 0.25) is 0 Å². The summed E-state index contributed by atoms with van der Waals surface area (Å²) in [7, 11) is 0. The Balaban J connectivity index is 1.74. The number of carbonyl (C=O) groups is 1. The molecular formula is C16H14N4O. The van der Waals surface area contributed by atoms with Crippen molar-refractivity contribution < 1.29 is 4.79 Å². The number of aromatic nitrogens is 2. The molecule has 5 heteroatoms. The number of amides is 1. The van der Waals surface area contributed by atoms with E-state index in [1.807, 2.05) is 42.5 Å². The Hall–Kier alpha value is -3.08. The van der Waals surface area contributed by atoms with Crippen molar-refractivity contribution in [1.29, 1.82) is 0 Å². The Bertz CT molecular complexity index is 747. The van der Waals surface area contributed by atoms with Crippen molar-refractivity contribution in [2.24, 2.45) is 0 Å². The molecule has 0 saturated carbocycles. The summed E-state index contributed by atoms with van der Waals surface area (Å²) >= 11 is 0. The SMILES string of the molecule is Nc1ncc(-c2ccc(NC(=O)c3ccccc3)cc2)[nH]1. The molecule has 0 atom stereocenters. The van der Waals surface area contributed by atoms with Crippen molar-refractivity contribution >= 4 is 17.5 Å². The molecule has 4 N–H and O–H groups in total. The number of anilines is 2. The number of imidazole rings is 1. The third-order valence-electron chi connectivity index (χ3n) is 3.09. The first-order valence-electron chi connectivity index (χ1n) is 6.50. The number of nitrogens with two attached hydrogens (primary N) is 1. The molecule has 2 aromatic carbocycles. The standard InChI is InChI=1S/C16H14N4O/c17-16-18-10-14(20-16)11-6-8-13(9-7-11)19-15(21)12-4-2-1-3-5-12/h1-10H,(H,19,21)(H3,17,18,20). The maximum absolute atomic E-state index is 12.0. The van der Waals surface area contributed by atoms with E-state index in [2.05, 4.69) is 15.3 Å². The minimum Gasteiger partial charge on any atom is -0.369 e. The van der Waals surface area contributed by atoms with E-state index in [-0.39, 0.29) is 5.91 Å². The van der Waals surface area contributed by atoms with E-state index in [9.17, 15) is 4.79 Å². The van der Waals surface area contributed by atoms with Gasteiger partial charge in [-0.05, 0) is 29.8 Å². The van der Waals surface area contributed by atoms with E-state index in [1.54, 1.807) is 18.3 Å². The zero-order valence-electron chi connectivity index (χ0n) is 11.2. The molecule has 1 aromatic heterocycles. The molecule has 0 unspecified atom stereocenters. The predicted octanol–water partition coefficient (Wildman–Crippen LogP) is 2.91. The second-order valence-corrected chi connectivity index (χ2v) is 4.58. The van der Waals surface area contributed by atoms with Crippen LogP contribution in [0, 0.1) is 0 Å². The Morgan fingerprint density at radius 2 is 1.76 bits per heavy atom. The number of nitrogens with zero attached hydrogens (tertiary/aromatic N) is 1. The lowest BCUT2D eigenvalue weighted by Gasteiger charge is -2.06. The molecule has 0 spiro atoms. The van der Waals surface area contributed by atoms with Gasteiger partial charge in [-0.1, -0.05) is 30.3 Å². The second-order valence-electron chi connectivity index (χ2n) is 4.58. The average molecular weight is 278 g/mol. The van der Waals surface area contributed by atoms with Crippen LogP contribution in [-0.4, -0.2) is 15.9 Å². The molecule has 0 bridgehead atoms. The van der Waals surface area contributed by atoms with Gasteiger partial charge >= 0.3 is 0 Å². The number of hydrogen-bond acceptors (Lipinski definition) is 3. The molecule has 0 aliphatic rings.